The van der Waals surface area contributed by atoms with Gasteiger partial charge in [-0.2, -0.15) is 0 Å². The lowest BCUT2D eigenvalue weighted by atomic mass is 10.1. The Morgan fingerprint density at radius 1 is 0.867 bits per heavy atom. The fourth-order valence-electron chi connectivity index (χ4n) is 2.98. The summed E-state index contributed by atoms with van der Waals surface area (Å²) in [5.41, 5.74) is 4.67. The zero-order valence-electron chi connectivity index (χ0n) is 17.2. The lowest BCUT2D eigenvalue weighted by Gasteiger charge is -2.14. The van der Waals surface area contributed by atoms with Gasteiger partial charge in [0.25, 0.3) is 0 Å². The average molecular weight is 404 g/mol. The van der Waals surface area contributed by atoms with Crippen LogP contribution in [0.5, 0.6) is 5.75 Å². The van der Waals surface area contributed by atoms with Crippen molar-refractivity contribution in [2.75, 3.05) is 17.7 Å². The molecule has 6 heteroatoms. The van der Waals surface area contributed by atoms with Crippen LogP contribution in [0.25, 0.3) is 0 Å². The Labute approximate surface area is 175 Å². The quantitative estimate of drug-likeness (QED) is 0.546. The second-order valence-corrected chi connectivity index (χ2v) is 6.87. The number of carbonyl (C=O) groups excluding carboxylic acids is 2. The number of hydrogen-bond donors (Lipinski definition) is 2. The number of hydrogen-bond acceptors (Lipinski definition) is 4. The van der Waals surface area contributed by atoms with Gasteiger partial charge in [-0.05, 0) is 55.3 Å². The summed E-state index contributed by atoms with van der Waals surface area (Å²) >= 11 is 0. The molecule has 0 saturated heterocycles. The van der Waals surface area contributed by atoms with Crippen molar-refractivity contribution in [2.24, 2.45) is 0 Å². The number of nitrogens with one attached hydrogen (secondary N) is 2. The molecule has 0 aliphatic heterocycles. The Balaban J connectivity index is 1.74. The number of esters is 1. The molecule has 0 fully saturated rings. The van der Waals surface area contributed by atoms with Gasteiger partial charge in [0.2, 0.25) is 0 Å². The number of urea groups is 1. The maximum atomic E-state index is 12.3. The fourth-order valence-corrected chi connectivity index (χ4v) is 2.98. The van der Waals surface area contributed by atoms with E-state index in [-0.39, 0.29) is 5.56 Å². The molecule has 3 rings (SSSR count). The van der Waals surface area contributed by atoms with Gasteiger partial charge in [0.15, 0.2) is 0 Å². The van der Waals surface area contributed by atoms with Crippen LogP contribution < -0.4 is 15.4 Å². The second-order valence-electron chi connectivity index (χ2n) is 6.87. The van der Waals surface area contributed by atoms with Crippen molar-refractivity contribution in [3.8, 4) is 5.75 Å². The van der Waals surface area contributed by atoms with E-state index in [1.54, 1.807) is 24.3 Å². The van der Waals surface area contributed by atoms with Gasteiger partial charge >= 0.3 is 12.0 Å². The first-order valence-corrected chi connectivity index (χ1v) is 9.50. The van der Waals surface area contributed by atoms with E-state index in [0.717, 1.165) is 11.1 Å². The van der Waals surface area contributed by atoms with Gasteiger partial charge in [-0.1, -0.05) is 42.0 Å². The molecule has 0 heterocycles. The monoisotopic (exact) mass is 404 g/mol. The van der Waals surface area contributed by atoms with Gasteiger partial charge in [0, 0.05) is 11.4 Å². The normalized spacial score (nSPS) is 10.2. The SMILES string of the molecule is COC(=O)c1cc(NC(=O)Nc2ccccc2)ccc1OCc1ccc(C)cc1C. The molecule has 0 atom stereocenters. The minimum Gasteiger partial charge on any atom is -0.488 e. The number of para-hydroxylation sites is 1. The third kappa shape index (κ3) is 5.38. The third-order valence-electron chi connectivity index (χ3n) is 4.56. The average Bonchev–Trinajstić information content (AvgIpc) is 2.73. The summed E-state index contributed by atoms with van der Waals surface area (Å²) in [6.45, 7) is 4.37. The summed E-state index contributed by atoms with van der Waals surface area (Å²) in [6.07, 6.45) is 0. The second kappa shape index (κ2) is 9.60. The molecule has 0 aliphatic rings. The van der Waals surface area contributed by atoms with Crippen molar-refractivity contribution in [1.82, 2.24) is 0 Å². The molecule has 0 spiro atoms. The standard InChI is InChI=1S/C24H24N2O4/c1-16-9-10-18(17(2)13-16)15-30-22-12-11-20(14-21(22)23(27)29-3)26-24(28)25-19-7-5-4-6-8-19/h4-14H,15H2,1-3H3,(H2,25,26,28). The van der Waals surface area contributed by atoms with Crippen LogP contribution in [0.4, 0.5) is 16.2 Å². The summed E-state index contributed by atoms with van der Waals surface area (Å²) < 4.78 is 10.8. The number of carbonyl (C=O) groups is 2. The third-order valence-corrected chi connectivity index (χ3v) is 4.56. The first-order valence-electron chi connectivity index (χ1n) is 9.50. The minimum absolute atomic E-state index is 0.236. The number of aryl methyl sites for hydroxylation is 2. The van der Waals surface area contributed by atoms with Crippen molar-refractivity contribution >= 4 is 23.4 Å². The van der Waals surface area contributed by atoms with Crippen LogP contribution in [0.1, 0.15) is 27.0 Å². The van der Waals surface area contributed by atoms with Crippen LogP contribution in [0.3, 0.4) is 0 Å². The highest BCUT2D eigenvalue weighted by atomic mass is 16.5. The predicted molar refractivity (Wildman–Crippen MR) is 117 cm³/mol. The summed E-state index contributed by atoms with van der Waals surface area (Å²) in [7, 11) is 1.30. The highest BCUT2D eigenvalue weighted by Gasteiger charge is 2.16. The van der Waals surface area contributed by atoms with Crippen molar-refractivity contribution in [1.29, 1.82) is 0 Å². The lowest BCUT2D eigenvalue weighted by molar-refractivity contribution is 0.0595. The number of benzene rings is 3. The highest BCUT2D eigenvalue weighted by Crippen LogP contribution is 2.25. The molecule has 3 aromatic rings. The summed E-state index contributed by atoms with van der Waals surface area (Å²) in [4.78, 5) is 24.5. The van der Waals surface area contributed by atoms with E-state index >= 15 is 0 Å². The summed E-state index contributed by atoms with van der Waals surface area (Å²) in [6, 6.07) is 19.6. The van der Waals surface area contributed by atoms with E-state index in [0.29, 0.717) is 23.7 Å². The molecular weight excluding hydrogens is 380 g/mol. The smallest absolute Gasteiger partial charge is 0.341 e. The number of rotatable bonds is 6. The molecule has 154 valence electrons. The van der Waals surface area contributed by atoms with Crippen LogP contribution in [0.2, 0.25) is 0 Å². The van der Waals surface area contributed by atoms with Crippen LogP contribution in [-0.2, 0) is 11.3 Å². The van der Waals surface area contributed by atoms with Gasteiger partial charge in [-0.15, -0.1) is 0 Å². The van der Waals surface area contributed by atoms with Crippen molar-refractivity contribution < 1.29 is 19.1 Å². The van der Waals surface area contributed by atoms with Crippen LogP contribution >= 0.6 is 0 Å². The molecule has 0 saturated carbocycles. The Hall–Kier alpha value is -3.80. The van der Waals surface area contributed by atoms with Gasteiger partial charge in [-0.25, -0.2) is 9.59 Å². The van der Waals surface area contributed by atoms with Crippen molar-refractivity contribution in [3.05, 3.63) is 89.0 Å². The summed E-state index contributed by atoms with van der Waals surface area (Å²) in [5, 5.41) is 5.44. The van der Waals surface area contributed by atoms with Gasteiger partial charge in [0.05, 0.1) is 7.11 Å². The van der Waals surface area contributed by atoms with E-state index in [1.807, 2.05) is 44.2 Å². The molecule has 30 heavy (non-hydrogen) atoms. The van der Waals surface area contributed by atoms with Crippen molar-refractivity contribution in [2.45, 2.75) is 20.5 Å². The maximum absolute atomic E-state index is 12.3. The molecule has 0 aromatic heterocycles. The maximum Gasteiger partial charge on any atom is 0.341 e. The van der Waals surface area contributed by atoms with E-state index < -0.39 is 12.0 Å². The van der Waals surface area contributed by atoms with E-state index in [1.165, 1.54) is 18.7 Å². The van der Waals surface area contributed by atoms with Crippen LogP contribution in [0, 0.1) is 13.8 Å². The lowest BCUT2D eigenvalue weighted by Crippen LogP contribution is -2.19. The molecule has 0 radical (unpaired) electrons. The Kier molecular flexibility index (Phi) is 6.70. The number of ether oxygens (including phenoxy) is 2. The molecule has 0 unspecified atom stereocenters. The predicted octanol–water partition coefficient (Wildman–Crippen LogP) is 5.31. The molecular formula is C24H24N2O4. The van der Waals surface area contributed by atoms with Gasteiger partial charge < -0.3 is 20.1 Å². The number of anilines is 2. The molecule has 2 amide bonds. The Bertz CT molecular complexity index is 1050. The van der Waals surface area contributed by atoms with Gasteiger partial charge in [0.1, 0.15) is 17.9 Å². The topological polar surface area (TPSA) is 76.7 Å². The Morgan fingerprint density at radius 2 is 1.60 bits per heavy atom. The van der Waals surface area contributed by atoms with Crippen LogP contribution in [-0.4, -0.2) is 19.1 Å². The van der Waals surface area contributed by atoms with Crippen molar-refractivity contribution in [3.63, 3.8) is 0 Å². The molecule has 0 bridgehead atoms. The Morgan fingerprint density at radius 3 is 2.30 bits per heavy atom. The number of methoxy groups -OCH3 is 1. The first-order chi connectivity index (χ1) is 14.5. The molecule has 3 aromatic carbocycles. The number of amides is 2. The minimum atomic E-state index is -0.544. The fraction of sp³-hybridized carbons (Fsp3) is 0.167. The first kappa shape index (κ1) is 20.9. The van der Waals surface area contributed by atoms with E-state index in [2.05, 4.69) is 16.7 Å². The summed E-state index contributed by atoms with van der Waals surface area (Å²) in [5.74, 6) is -0.159. The van der Waals surface area contributed by atoms with E-state index in [4.69, 9.17) is 9.47 Å². The van der Waals surface area contributed by atoms with Gasteiger partial charge in [-0.3, -0.25) is 0 Å². The zero-order valence-corrected chi connectivity index (χ0v) is 17.2. The zero-order chi connectivity index (χ0) is 21.5. The van der Waals surface area contributed by atoms with Crippen LogP contribution in [0.15, 0.2) is 66.7 Å². The highest BCUT2D eigenvalue weighted by molar-refractivity contribution is 6.01. The largest absolute Gasteiger partial charge is 0.488 e. The van der Waals surface area contributed by atoms with E-state index in [9.17, 15) is 9.59 Å². The molecule has 2 N–H and O–H groups in total. The molecule has 0 aliphatic carbocycles. The molecule has 6 nitrogen and oxygen atoms in total.